The van der Waals surface area contributed by atoms with Crippen molar-refractivity contribution in [2.24, 2.45) is 58.1 Å². The van der Waals surface area contributed by atoms with Gasteiger partial charge in [0.2, 0.25) is 100 Å². The van der Waals surface area contributed by atoms with Gasteiger partial charge in [-0.3, -0.25) is 91.7 Å². The highest BCUT2D eigenvalue weighted by molar-refractivity contribution is 6.01. The van der Waals surface area contributed by atoms with Gasteiger partial charge in [-0.15, -0.1) is 0 Å². The molecule has 0 radical (unpaired) electrons. The molecule has 30 N–H and O–H groups in total. The van der Waals surface area contributed by atoms with Crippen molar-refractivity contribution in [3.05, 3.63) is 36.4 Å². The molecular weight excluding hydrogens is 1740 g/mol. The fourth-order valence-electron chi connectivity index (χ4n) is 15.8. The second kappa shape index (κ2) is 56.4. The normalized spacial score (nSPS) is 17.7. The van der Waals surface area contributed by atoms with Crippen LogP contribution in [0.4, 0.5) is 0 Å². The van der Waals surface area contributed by atoms with Crippen molar-refractivity contribution in [1.29, 1.82) is 5.41 Å². The molecule has 5 heterocycles. The number of amides is 17. The average Bonchev–Trinajstić information content (AvgIpc) is 1.70. The summed E-state index contributed by atoms with van der Waals surface area (Å²) in [5.74, 6) is -19.3. The predicted molar refractivity (Wildman–Crippen MR) is 481 cm³/mol. The third-order valence-electron chi connectivity index (χ3n) is 23.2. The molecule has 0 saturated carbocycles. The Bertz CT molecular complexity index is 4270. The smallest absolute Gasteiger partial charge is 0.326 e. The van der Waals surface area contributed by atoms with Crippen LogP contribution in [0.3, 0.4) is 0 Å². The van der Waals surface area contributed by atoms with Crippen LogP contribution in [0.5, 0.6) is 0 Å². The van der Waals surface area contributed by atoms with Crippen LogP contribution in [0.25, 0.3) is 0 Å². The molecule has 5 rings (SSSR count). The van der Waals surface area contributed by atoms with Gasteiger partial charge >= 0.3 is 11.9 Å². The molecule has 3 fully saturated rings. The van der Waals surface area contributed by atoms with Crippen molar-refractivity contribution in [2.75, 3.05) is 45.8 Å². The van der Waals surface area contributed by atoms with Crippen molar-refractivity contribution in [3.8, 4) is 0 Å². The SMILES string of the molecule is CC[C@H](C)[C@H](NC(=O)[C@@H]1CCCN1C(=O)[C@H](Cc1cnc[nH]1)NC(=O)[C@H](CCCCN)NC(=O)[C@@H]1CCCN1C(=O)[C@@H](N)CCCNC(=N)N)C(=O)N[C@@H](CCCCN)C(=O)N[C@@H](Cc1cnc[nH]1)C(=O)N[C@@H](CCC(N)=O)C(=O)NCC(=O)N[C@@H](CC(C)C)C(=O)N1CCC[C@H]1C(=O)N[C@@H](CCC(N)=O)C(=O)N[C@@H](CCC(=O)O)C(=O)N[C@H](C(=O)N[C@@H](CC(C)C)C(=O)O)C(C)C. The van der Waals surface area contributed by atoms with Crippen molar-refractivity contribution >= 4 is 118 Å². The van der Waals surface area contributed by atoms with E-state index in [1.807, 2.05) is 0 Å². The van der Waals surface area contributed by atoms with Crippen LogP contribution < -0.4 is 104 Å². The van der Waals surface area contributed by atoms with Gasteiger partial charge < -0.3 is 138 Å². The van der Waals surface area contributed by atoms with Crippen LogP contribution in [0.1, 0.15) is 214 Å². The number of aromatic nitrogens is 4. The molecule has 3 aliphatic heterocycles. The molecule has 2 aromatic rings. The van der Waals surface area contributed by atoms with Gasteiger partial charge in [0.05, 0.1) is 25.2 Å². The van der Waals surface area contributed by atoms with E-state index in [-0.39, 0.29) is 133 Å². The lowest BCUT2D eigenvalue weighted by molar-refractivity contribution is -0.143. The first-order chi connectivity index (χ1) is 63.0. The molecule has 0 aliphatic carbocycles. The average molecular weight is 1880 g/mol. The third-order valence-corrected chi connectivity index (χ3v) is 23.2. The number of likely N-dealkylation sites (tertiary alicyclic amines) is 3. The maximum atomic E-state index is 15.1. The number of carbonyl (C=O) groups is 19. The Morgan fingerprint density at radius 2 is 0.842 bits per heavy atom. The number of nitrogens with zero attached hydrogens (tertiary/aromatic N) is 5. The Hall–Kier alpha value is -12.5. The summed E-state index contributed by atoms with van der Waals surface area (Å²) in [5.41, 5.74) is 35.2. The number of hydrogen-bond donors (Lipinski definition) is 24. The Morgan fingerprint density at radius 3 is 1.29 bits per heavy atom. The fraction of sp³-hybridized carbons (Fsp3) is 0.694. The molecule has 742 valence electrons. The molecule has 3 saturated heterocycles. The Kier molecular flexibility index (Phi) is 47.1. The molecule has 133 heavy (non-hydrogen) atoms. The number of guanidine groups is 1. The van der Waals surface area contributed by atoms with Crippen molar-refractivity contribution in [1.82, 2.24) is 104 Å². The summed E-state index contributed by atoms with van der Waals surface area (Å²) < 4.78 is 0. The number of rotatable bonds is 60. The number of imidazole rings is 2. The predicted octanol–water partition coefficient (Wildman–Crippen LogP) is -5.54. The van der Waals surface area contributed by atoms with Crippen molar-refractivity contribution in [2.45, 2.75) is 307 Å². The van der Waals surface area contributed by atoms with Crippen LogP contribution in [0.2, 0.25) is 0 Å². The summed E-state index contributed by atoms with van der Waals surface area (Å²) >= 11 is 0. The molecule has 17 amide bonds. The van der Waals surface area contributed by atoms with E-state index >= 15 is 4.79 Å². The molecular formula is C85H141N27O21. The number of unbranched alkanes of at least 4 members (excludes halogenated alkanes) is 2. The number of H-pyrrole nitrogens is 2. The van der Waals surface area contributed by atoms with Gasteiger partial charge in [0, 0.05) is 82.1 Å². The van der Waals surface area contributed by atoms with Gasteiger partial charge in [-0.1, -0.05) is 61.8 Å². The van der Waals surface area contributed by atoms with Crippen LogP contribution >= 0.6 is 0 Å². The first-order valence-corrected chi connectivity index (χ1v) is 45.7. The summed E-state index contributed by atoms with van der Waals surface area (Å²) in [6, 6.07) is -20.6. The largest absolute Gasteiger partial charge is 0.481 e. The quantitative estimate of drug-likeness (QED) is 0.0167. The first-order valence-electron chi connectivity index (χ1n) is 45.7. The number of hydrogen-bond acceptors (Lipinski definition) is 25. The van der Waals surface area contributed by atoms with Gasteiger partial charge in [-0.05, 0) is 159 Å². The number of nitrogens with two attached hydrogens (primary N) is 6. The minimum atomic E-state index is -1.69. The fourth-order valence-corrected chi connectivity index (χ4v) is 15.8. The van der Waals surface area contributed by atoms with E-state index in [1.54, 1.807) is 55.4 Å². The van der Waals surface area contributed by atoms with Crippen LogP contribution in [0, 0.1) is 29.1 Å². The van der Waals surface area contributed by atoms with Gasteiger partial charge in [-0.25, -0.2) is 14.8 Å². The molecule has 0 unspecified atom stereocenters. The van der Waals surface area contributed by atoms with Gasteiger partial charge in [0.1, 0.15) is 84.6 Å². The number of aromatic amines is 2. The Morgan fingerprint density at radius 1 is 0.444 bits per heavy atom. The maximum Gasteiger partial charge on any atom is 0.326 e. The summed E-state index contributed by atoms with van der Waals surface area (Å²) in [4.78, 5) is 282. The van der Waals surface area contributed by atoms with Crippen LogP contribution in [-0.4, -0.2) is 300 Å². The zero-order chi connectivity index (χ0) is 98.9. The lowest BCUT2D eigenvalue weighted by Gasteiger charge is -2.32. The molecule has 0 spiro atoms. The van der Waals surface area contributed by atoms with E-state index in [0.717, 1.165) is 4.90 Å². The lowest BCUT2D eigenvalue weighted by atomic mass is 9.96. The van der Waals surface area contributed by atoms with Gasteiger partial charge in [0.25, 0.3) is 0 Å². The van der Waals surface area contributed by atoms with E-state index in [2.05, 4.69) is 89.1 Å². The first kappa shape index (κ1) is 111. The lowest BCUT2D eigenvalue weighted by Crippen LogP contribution is -2.61. The Balaban J connectivity index is 1.31. The molecule has 48 nitrogen and oxygen atoms in total. The zero-order valence-corrected chi connectivity index (χ0v) is 77.3. The number of primary amides is 2. The molecule has 3 aliphatic rings. The standard InChI is InChI=1S/C85H141N27O21/c1-9-48(8)69(109-78(126)63-23-17-35-112(63)83(131)59(39-50-41-94-44-98-50)106-72(120)52(19-10-12-30-86)102-76(124)61-21-15-33-110(61)81(129)51(88)18-14-32-95-85(91)92)80(128)104-53(20-11-13-31-87)71(119)105-57(38-49-40-93-43-97-49)75(123)100-54(24-27-64(89)113)70(118)96-42-66(115)99-58(36-45(2)3)82(130)111-34-16-22-62(111)77(125)103-55(25-28-65(90)114)73(121)101-56(26-29-67(116)117)74(122)108-68(47(6)7)79(127)107-60(84(132)133)37-46(4)5/h40-41,43-48,51-63,68-69H,9-39,42,86-88H2,1-8H3,(H2,89,113)(H2,90,114)(H,93,97)(H,94,98)(H,96,118)(H,99,115)(H,100,123)(H,101,121)(H,102,124)(H,103,125)(H,104,128)(H,105,119)(H,106,120)(H,107,127)(H,108,122)(H,109,126)(H,116,117)(H,132,133)(H4,91,92,95)/t48-,51-,52-,53-,54-,55-,56-,57-,58-,59-,60-,61-,62-,63-,68-,69-/m0/s1. The van der Waals surface area contributed by atoms with Gasteiger partial charge in [0.15, 0.2) is 5.96 Å². The monoisotopic (exact) mass is 1880 g/mol. The topological polar surface area (TPSA) is 768 Å². The van der Waals surface area contributed by atoms with E-state index < -0.39 is 260 Å². The third kappa shape index (κ3) is 37.2. The summed E-state index contributed by atoms with van der Waals surface area (Å²) in [7, 11) is 0. The van der Waals surface area contributed by atoms with Crippen molar-refractivity contribution in [3.63, 3.8) is 0 Å². The molecule has 48 heteroatoms. The molecule has 0 aromatic carbocycles. The molecule has 2 aromatic heterocycles. The second-order valence-electron chi connectivity index (χ2n) is 35.3. The van der Waals surface area contributed by atoms with E-state index in [9.17, 15) is 96.5 Å². The number of nitrogens with one attached hydrogen (secondary N) is 16. The maximum absolute atomic E-state index is 15.1. The van der Waals surface area contributed by atoms with Gasteiger partial charge in [-0.2, -0.15) is 0 Å². The summed E-state index contributed by atoms with van der Waals surface area (Å²) in [6.07, 6.45) is 5.64. The van der Waals surface area contributed by atoms with Crippen LogP contribution in [0.15, 0.2) is 25.0 Å². The zero-order valence-electron chi connectivity index (χ0n) is 77.3. The Labute approximate surface area is 772 Å². The number of carboxylic acid groups (broad SMARTS) is 2. The highest BCUT2D eigenvalue weighted by Gasteiger charge is 2.45. The minimum Gasteiger partial charge on any atom is -0.481 e. The number of carbonyl (C=O) groups excluding carboxylic acids is 17. The van der Waals surface area contributed by atoms with Crippen molar-refractivity contribution < 1.29 is 101 Å². The van der Waals surface area contributed by atoms with E-state index in [0.29, 0.717) is 57.2 Å². The summed E-state index contributed by atoms with van der Waals surface area (Å²) in [6.45, 7) is 13.6. The minimum absolute atomic E-state index is 0.0136. The number of carboxylic acids is 2. The van der Waals surface area contributed by atoms with E-state index in [1.165, 1.54) is 34.8 Å². The van der Waals surface area contributed by atoms with Crippen LogP contribution in [-0.2, 0) is 104 Å². The number of aliphatic carboxylic acids is 2. The highest BCUT2D eigenvalue weighted by Crippen LogP contribution is 2.26. The molecule has 0 bridgehead atoms. The second-order valence-corrected chi connectivity index (χ2v) is 35.3. The highest BCUT2D eigenvalue weighted by atomic mass is 16.4. The summed E-state index contributed by atoms with van der Waals surface area (Å²) in [5, 5.41) is 60.8. The van der Waals surface area contributed by atoms with E-state index in [4.69, 9.17) is 39.8 Å². The molecule has 16 atom stereocenters.